The van der Waals surface area contributed by atoms with Crippen LogP contribution in [0.1, 0.15) is 72.9 Å². The van der Waals surface area contributed by atoms with Gasteiger partial charge in [-0.15, -0.1) is 0 Å². The Balaban J connectivity index is 1.38. The van der Waals surface area contributed by atoms with Gasteiger partial charge in [-0.25, -0.2) is 4.98 Å². The van der Waals surface area contributed by atoms with Crippen LogP contribution < -0.4 is 0 Å². The minimum atomic E-state index is 0.350. The Labute approximate surface area is 273 Å². The van der Waals surface area contributed by atoms with Crippen molar-refractivity contribution in [1.82, 2.24) is 14.1 Å². The van der Waals surface area contributed by atoms with E-state index in [0.717, 1.165) is 17.1 Å². The predicted molar refractivity (Wildman–Crippen MR) is 196 cm³/mol. The van der Waals surface area contributed by atoms with E-state index in [9.17, 15) is 0 Å². The van der Waals surface area contributed by atoms with E-state index < -0.39 is 0 Å². The molecule has 0 amide bonds. The number of imidazole rings is 1. The Morgan fingerprint density at radius 3 is 1.59 bits per heavy atom. The first-order valence-electron chi connectivity index (χ1n) is 16.5. The summed E-state index contributed by atoms with van der Waals surface area (Å²) in [5.74, 6) is 1.66. The molecular weight excluding hydrogens is 558 g/mol. The fourth-order valence-electron chi connectivity index (χ4n) is 6.90. The van der Waals surface area contributed by atoms with E-state index >= 15 is 0 Å². The summed E-state index contributed by atoms with van der Waals surface area (Å²) in [6.45, 7) is 18.0. The molecule has 0 aliphatic heterocycles. The Hall–Kier alpha value is -4.89. The lowest BCUT2D eigenvalue weighted by Crippen LogP contribution is -2.08. The average Bonchev–Trinajstić information content (AvgIpc) is 3.64. The number of hydrogen-bond acceptors (Lipinski definition) is 1. The molecule has 5 aromatic carbocycles. The molecule has 0 saturated carbocycles. The van der Waals surface area contributed by atoms with Gasteiger partial charge in [0.25, 0.3) is 0 Å². The summed E-state index contributed by atoms with van der Waals surface area (Å²) < 4.78 is 4.74. The van der Waals surface area contributed by atoms with E-state index in [-0.39, 0.29) is 0 Å². The zero-order valence-corrected chi connectivity index (χ0v) is 28.3. The fourth-order valence-corrected chi connectivity index (χ4v) is 6.90. The van der Waals surface area contributed by atoms with Crippen molar-refractivity contribution in [3.63, 3.8) is 0 Å². The lowest BCUT2D eigenvalue weighted by Gasteiger charge is -2.24. The van der Waals surface area contributed by atoms with Crippen LogP contribution in [0.15, 0.2) is 103 Å². The minimum absolute atomic E-state index is 0.350. The van der Waals surface area contributed by atoms with Gasteiger partial charge in [-0.3, -0.25) is 4.57 Å². The molecule has 0 saturated heterocycles. The molecule has 7 aromatic rings. The van der Waals surface area contributed by atoms with Gasteiger partial charge in [-0.05, 0) is 145 Å². The summed E-state index contributed by atoms with van der Waals surface area (Å²) in [7, 11) is 0. The number of aromatic nitrogens is 3. The van der Waals surface area contributed by atoms with Crippen LogP contribution in [0.25, 0.3) is 55.7 Å². The molecule has 3 heteroatoms. The monoisotopic (exact) mass is 601 g/mol. The van der Waals surface area contributed by atoms with Gasteiger partial charge in [0.15, 0.2) is 0 Å². The summed E-state index contributed by atoms with van der Waals surface area (Å²) in [5.41, 5.74) is 16.5. The first kappa shape index (κ1) is 29.8. The largest absolute Gasteiger partial charge is 0.309 e. The Morgan fingerprint density at radius 1 is 0.543 bits per heavy atom. The number of aryl methyl sites for hydroxylation is 4. The zero-order valence-electron chi connectivity index (χ0n) is 28.3. The van der Waals surface area contributed by atoms with Crippen LogP contribution in [-0.2, 0) is 0 Å². The minimum Gasteiger partial charge on any atom is -0.309 e. The third-order valence-corrected chi connectivity index (χ3v) is 9.78. The van der Waals surface area contributed by atoms with E-state index in [1.54, 1.807) is 0 Å². The van der Waals surface area contributed by atoms with Crippen molar-refractivity contribution in [3.05, 3.63) is 137 Å². The molecule has 0 aliphatic rings. The van der Waals surface area contributed by atoms with Crippen LogP contribution in [0.4, 0.5) is 0 Å². The van der Waals surface area contributed by atoms with Gasteiger partial charge in [0.2, 0.25) is 0 Å². The molecule has 0 bridgehead atoms. The van der Waals surface area contributed by atoms with Crippen molar-refractivity contribution in [3.8, 4) is 33.9 Å². The SMILES string of the molecule is Cc1cc2c3cc(C)c(C)cc3n(-c3ccc(-c4nccn4-c4c(C(C)C)cc(-c5ccccc5)cc4C(C)C)cc3)c2cc1C. The van der Waals surface area contributed by atoms with Crippen LogP contribution in [0.5, 0.6) is 0 Å². The molecule has 0 fully saturated rings. The molecule has 230 valence electrons. The molecule has 0 radical (unpaired) electrons. The second-order valence-corrected chi connectivity index (χ2v) is 13.6. The number of fused-ring (bicyclic) bond motifs is 3. The van der Waals surface area contributed by atoms with Gasteiger partial charge in [-0.2, -0.15) is 0 Å². The fraction of sp³-hybridized carbons (Fsp3) is 0.233. The molecule has 0 unspecified atom stereocenters. The second-order valence-electron chi connectivity index (χ2n) is 13.6. The van der Waals surface area contributed by atoms with Crippen molar-refractivity contribution in [1.29, 1.82) is 0 Å². The molecular formula is C43H43N3. The average molecular weight is 602 g/mol. The summed E-state index contributed by atoms with van der Waals surface area (Å²) >= 11 is 0. The topological polar surface area (TPSA) is 22.8 Å². The normalized spacial score (nSPS) is 11.9. The molecule has 46 heavy (non-hydrogen) atoms. The summed E-state index contributed by atoms with van der Waals surface area (Å²) in [5, 5.41) is 2.62. The van der Waals surface area contributed by atoms with E-state index in [1.165, 1.54) is 72.0 Å². The van der Waals surface area contributed by atoms with Crippen molar-refractivity contribution < 1.29 is 0 Å². The molecule has 0 spiro atoms. The van der Waals surface area contributed by atoms with Gasteiger partial charge in [0, 0.05) is 34.4 Å². The van der Waals surface area contributed by atoms with Crippen LogP contribution in [0.3, 0.4) is 0 Å². The number of benzene rings is 5. The first-order valence-corrected chi connectivity index (χ1v) is 16.5. The van der Waals surface area contributed by atoms with Crippen LogP contribution >= 0.6 is 0 Å². The van der Waals surface area contributed by atoms with Gasteiger partial charge in [0.05, 0.1) is 16.7 Å². The van der Waals surface area contributed by atoms with Crippen LogP contribution in [0, 0.1) is 27.7 Å². The standard InChI is InChI=1S/C43H43N3/c1-26(2)36-24-34(32-12-10-9-11-13-32)25-37(27(3)4)42(36)45-19-18-44-43(45)33-14-16-35(17-15-33)46-40-22-30(7)28(5)20-38(40)39-21-29(6)31(8)23-41(39)46/h9-27H,1-8H3. The summed E-state index contributed by atoms with van der Waals surface area (Å²) in [6, 6.07) is 33.8. The predicted octanol–water partition coefficient (Wildman–Crippen LogP) is 11.8. The zero-order chi connectivity index (χ0) is 32.3. The van der Waals surface area contributed by atoms with Gasteiger partial charge < -0.3 is 4.57 Å². The van der Waals surface area contributed by atoms with Crippen LogP contribution in [-0.4, -0.2) is 14.1 Å². The maximum Gasteiger partial charge on any atom is 0.144 e. The number of nitrogens with zero attached hydrogens (tertiary/aromatic N) is 3. The molecule has 0 aliphatic carbocycles. The Morgan fingerprint density at radius 2 is 1.07 bits per heavy atom. The molecule has 2 aromatic heterocycles. The summed E-state index contributed by atoms with van der Waals surface area (Å²) in [4.78, 5) is 4.94. The highest BCUT2D eigenvalue weighted by Gasteiger charge is 2.21. The lowest BCUT2D eigenvalue weighted by atomic mass is 9.88. The molecule has 0 atom stereocenters. The Kier molecular flexibility index (Phi) is 7.44. The third-order valence-electron chi connectivity index (χ3n) is 9.78. The van der Waals surface area contributed by atoms with E-state index in [4.69, 9.17) is 4.98 Å². The third kappa shape index (κ3) is 4.95. The second kappa shape index (κ2) is 11.5. The van der Waals surface area contributed by atoms with Crippen LogP contribution in [0.2, 0.25) is 0 Å². The quantitative estimate of drug-likeness (QED) is 0.186. The van der Waals surface area contributed by atoms with Crippen molar-refractivity contribution in [2.24, 2.45) is 0 Å². The van der Waals surface area contributed by atoms with E-state index in [0.29, 0.717) is 11.8 Å². The molecule has 3 nitrogen and oxygen atoms in total. The molecule has 2 heterocycles. The highest BCUT2D eigenvalue weighted by molar-refractivity contribution is 6.10. The first-order chi connectivity index (χ1) is 22.1. The maximum atomic E-state index is 4.94. The lowest BCUT2D eigenvalue weighted by molar-refractivity contribution is 0.807. The van der Waals surface area contributed by atoms with Crippen molar-refractivity contribution in [2.75, 3.05) is 0 Å². The van der Waals surface area contributed by atoms with Crippen molar-refractivity contribution >= 4 is 21.8 Å². The highest BCUT2D eigenvalue weighted by atomic mass is 15.1. The van der Waals surface area contributed by atoms with E-state index in [2.05, 4.69) is 162 Å². The maximum absolute atomic E-state index is 4.94. The van der Waals surface area contributed by atoms with E-state index in [1.807, 2.05) is 6.20 Å². The smallest absolute Gasteiger partial charge is 0.144 e. The molecule has 7 rings (SSSR count). The molecule has 0 N–H and O–H groups in total. The number of rotatable bonds is 6. The Bertz CT molecular complexity index is 2130. The summed E-state index contributed by atoms with van der Waals surface area (Å²) in [6.07, 6.45) is 4.06. The van der Waals surface area contributed by atoms with Gasteiger partial charge >= 0.3 is 0 Å². The van der Waals surface area contributed by atoms with Crippen molar-refractivity contribution in [2.45, 2.75) is 67.2 Å². The number of hydrogen-bond donors (Lipinski definition) is 0. The van der Waals surface area contributed by atoms with Gasteiger partial charge in [-0.1, -0.05) is 58.0 Å². The highest BCUT2D eigenvalue weighted by Crippen LogP contribution is 2.39. The van der Waals surface area contributed by atoms with Gasteiger partial charge in [0.1, 0.15) is 5.82 Å².